The lowest BCUT2D eigenvalue weighted by molar-refractivity contribution is 0.173. The predicted molar refractivity (Wildman–Crippen MR) is 80.0 cm³/mol. The second kappa shape index (κ2) is 7.50. The predicted octanol–water partition coefficient (Wildman–Crippen LogP) is 2.44. The van der Waals surface area contributed by atoms with E-state index in [-0.39, 0.29) is 12.6 Å². The van der Waals surface area contributed by atoms with Gasteiger partial charge in [0, 0.05) is 24.2 Å². The Morgan fingerprint density at radius 2 is 2.05 bits per heavy atom. The first kappa shape index (κ1) is 15.1. The number of hydrogen-bond donors (Lipinski definition) is 2. The van der Waals surface area contributed by atoms with E-state index in [1.165, 1.54) is 5.56 Å². The molecule has 0 heterocycles. The number of benzene rings is 1. The zero-order valence-electron chi connectivity index (χ0n) is 11.5. The van der Waals surface area contributed by atoms with Crippen LogP contribution in [-0.2, 0) is 6.42 Å². The number of hydrogen-bond acceptors (Lipinski definition) is 2. The van der Waals surface area contributed by atoms with E-state index in [0.717, 1.165) is 30.7 Å². The molecule has 5 heteroatoms. The third-order valence-electron chi connectivity index (χ3n) is 3.42. The van der Waals surface area contributed by atoms with E-state index >= 15 is 0 Å². The first-order valence-electron chi connectivity index (χ1n) is 7.10. The van der Waals surface area contributed by atoms with E-state index in [4.69, 9.17) is 16.7 Å². The smallest absolute Gasteiger partial charge is 0.317 e. The fraction of sp³-hybridized carbons (Fsp3) is 0.533. The minimum Gasteiger partial charge on any atom is -0.395 e. The van der Waals surface area contributed by atoms with E-state index in [0.29, 0.717) is 19.1 Å². The van der Waals surface area contributed by atoms with E-state index in [9.17, 15) is 4.79 Å². The zero-order valence-corrected chi connectivity index (χ0v) is 12.3. The lowest BCUT2D eigenvalue weighted by atomic mass is 10.1. The van der Waals surface area contributed by atoms with Crippen molar-refractivity contribution in [1.29, 1.82) is 0 Å². The maximum atomic E-state index is 12.0. The molecular weight excluding hydrogens is 276 g/mol. The fourth-order valence-corrected chi connectivity index (χ4v) is 2.31. The van der Waals surface area contributed by atoms with Gasteiger partial charge < -0.3 is 15.3 Å². The fourth-order valence-electron chi connectivity index (χ4n) is 2.18. The number of halogens is 1. The second-order valence-corrected chi connectivity index (χ2v) is 5.55. The van der Waals surface area contributed by atoms with Crippen molar-refractivity contribution in [1.82, 2.24) is 10.2 Å². The molecule has 110 valence electrons. The molecule has 0 aromatic heterocycles. The van der Waals surface area contributed by atoms with Gasteiger partial charge in [0.1, 0.15) is 0 Å². The highest BCUT2D eigenvalue weighted by molar-refractivity contribution is 6.30. The molecule has 1 fully saturated rings. The van der Waals surface area contributed by atoms with Crippen molar-refractivity contribution >= 4 is 17.6 Å². The van der Waals surface area contributed by atoms with Crippen LogP contribution < -0.4 is 5.32 Å². The van der Waals surface area contributed by atoms with Crippen LogP contribution in [0.3, 0.4) is 0 Å². The van der Waals surface area contributed by atoms with Crippen LogP contribution in [0.25, 0.3) is 0 Å². The van der Waals surface area contributed by atoms with Crippen molar-refractivity contribution < 1.29 is 9.90 Å². The Morgan fingerprint density at radius 1 is 1.35 bits per heavy atom. The Balaban J connectivity index is 1.67. The summed E-state index contributed by atoms with van der Waals surface area (Å²) in [6, 6.07) is 8.05. The van der Waals surface area contributed by atoms with Gasteiger partial charge in [0.2, 0.25) is 0 Å². The lowest BCUT2D eigenvalue weighted by Crippen LogP contribution is -2.43. The molecule has 0 aliphatic heterocycles. The molecule has 2 N–H and O–H groups in total. The second-order valence-electron chi connectivity index (χ2n) is 5.11. The number of aliphatic hydroxyl groups excluding tert-OH is 1. The Hall–Kier alpha value is -1.26. The summed E-state index contributed by atoms with van der Waals surface area (Å²) in [6.45, 7) is 1.10. The third-order valence-corrected chi connectivity index (χ3v) is 3.67. The van der Waals surface area contributed by atoms with Crippen LogP contribution in [0.5, 0.6) is 0 Å². The molecule has 2 rings (SSSR count). The van der Waals surface area contributed by atoms with Gasteiger partial charge in [0.15, 0.2) is 0 Å². The number of carbonyl (C=O) groups excluding carboxylic acids is 1. The molecule has 2 amide bonds. The Kier molecular flexibility index (Phi) is 5.68. The summed E-state index contributed by atoms with van der Waals surface area (Å²) >= 11 is 5.83. The van der Waals surface area contributed by atoms with Crippen molar-refractivity contribution in [2.75, 3.05) is 19.7 Å². The van der Waals surface area contributed by atoms with Gasteiger partial charge >= 0.3 is 6.03 Å². The van der Waals surface area contributed by atoms with Gasteiger partial charge in [0.25, 0.3) is 0 Å². The van der Waals surface area contributed by atoms with Crippen molar-refractivity contribution in [3.8, 4) is 0 Å². The third kappa shape index (κ3) is 4.69. The molecule has 0 bridgehead atoms. The summed E-state index contributed by atoms with van der Waals surface area (Å²) in [5, 5.41) is 12.6. The van der Waals surface area contributed by atoms with Crippen molar-refractivity contribution in [3.05, 3.63) is 34.9 Å². The van der Waals surface area contributed by atoms with Crippen molar-refractivity contribution in [2.24, 2.45) is 0 Å². The summed E-state index contributed by atoms with van der Waals surface area (Å²) in [6.07, 6.45) is 3.92. The Labute approximate surface area is 124 Å². The molecule has 0 atom stereocenters. The molecular formula is C15H21ClN2O2. The number of urea groups is 1. The van der Waals surface area contributed by atoms with Crippen molar-refractivity contribution in [2.45, 2.75) is 31.7 Å². The first-order valence-corrected chi connectivity index (χ1v) is 7.48. The molecule has 1 aromatic rings. The van der Waals surface area contributed by atoms with Crippen LogP contribution in [0, 0.1) is 0 Å². The number of amides is 2. The molecule has 1 aliphatic rings. The number of nitrogens with zero attached hydrogens (tertiary/aromatic N) is 1. The zero-order chi connectivity index (χ0) is 14.4. The van der Waals surface area contributed by atoms with Gasteiger partial charge in [-0.25, -0.2) is 4.79 Å². The van der Waals surface area contributed by atoms with Crippen LogP contribution in [0.4, 0.5) is 4.79 Å². The molecule has 4 nitrogen and oxygen atoms in total. The van der Waals surface area contributed by atoms with Gasteiger partial charge in [-0.1, -0.05) is 23.7 Å². The van der Waals surface area contributed by atoms with Gasteiger partial charge in [-0.2, -0.15) is 0 Å². The summed E-state index contributed by atoms with van der Waals surface area (Å²) in [5.41, 5.74) is 1.22. The molecule has 20 heavy (non-hydrogen) atoms. The largest absolute Gasteiger partial charge is 0.395 e. The van der Waals surface area contributed by atoms with E-state index in [1.807, 2.05) is 24.3 Å². The molecule has 1 aromatic carbocycles. The quantitative estimate of drug-likeness (QED) is 0.759. The molecule has 0 saturated heterocycles. The summed E-state index contributed by atoms with van der Waals surface area (Å²) < 4.78 is 0. The topological polar surface area (TPSA) is 52.6 Å². The van der Waals surface area contributed by atoms with Gasteiger partial charge in [-0.15, -0.1) is 0 Å². The number of rotatable bonds is 7. The van der Waals surface area contributed by atoms with Crippen LogP contribution in [0.15, 0.2) is 24.3 Å². The maximum absolute atomic E-state index is 12.0. The summed E-state index contributed by atoms with van der Waals surface area (Å²) in [4.78, 5) is 13.7. The van der Waals surface area contributed by atoms with Crippen molar-refractivity contribution in [3.63, 3.8) is 0 Å². The van der Waals surface area contributed by atoms with E-state index in [1.54, 1.807) is 4.90 Å². The molecule has 0 spiro atoms. The number of carbonyl (C=O) groups is 1. The normalized spacial score (nSPS) is 14.1. The van der Waals surface area contributed by atoms with Crippen LogP contribution in [-0.4, -0.2) is 41.8 Å². The highest BCUT2D eigenvalue weighted by Gasteiger charge is 2.31. The molecule has 1 saturated carbocycles. The highest BCUT2D eigenvalue weighted by atomic mass is 35.5. The Morgan fingerprint density at radius 3 is 2.65 bits per heavy atom. The number of aryl methyl sites for hydroxylation is 1. The van der Waals surface area contributed by atoms with Gasteiger partial charge in [-0.05, 0) is 43.4 Å². The maximum Gasteiger partial charge on any atom is 0.317 e. The number of nitrogens with one attached hydrogen (secondary N) is 1. The minimum absolute atomic E-state index is 0.0225. The highest BCUT2D eigenvalue weighted by Crippen LogP contribution is 2.26. The van der Waals surface area contributed by atoms with Crippen LogP contribution >= 0.6 is 11.6 Å². The van der Waals surface area contributed by atoms with Gasteiger partial charge in [0.05, 0.1) is 6.61 Å². The SMILES string of the molecule is O=C(NCCCc1ccc(Cl)cc1)N(CCO)C1CC1. The average molecular weight is 297 g/mol. The summed E-state index contributed by atoms with van der Waals surface area (Å²) in [5.74, 6) is 0. The summed E-state index contributed by atoms with van der Waals surface area (Å²) in [7, 11) is 0. The average Bonchev–Trinajstić information content (AvgIpc) is 3.27. The lowest BCUT2D eigenvalue weighted by Gasteiger charge is -2.21. The Bertz CT molecular complexity index is 432. The number of aliphatic hydroxyl groups is 1. The monoisotopic (exact) mass is 296 g/mol. The standard InChI is InChI=1S/C15H21ClN2O2/c16-13-5-3-12(4-6-13)2-1-9-17-15(20)18(10-11-19)14-7-8-14/h3-6,14,19H,1-2,7-11H2,(H,17,20). The van der Waals surface area contributed by atoms with Crippen LogP contribution in [0.1, 0.15) is 24.8 Å². The van der Waals surface area contributed by atoms with Gasteiger partial charge in [-0.3, -0.25) is 0 Å². The minimum atomic E-state index is -0.0577. The van der Waals surface area contributed by atoms with E-state index < -0.39 is 0 Å². The molecule has 0 unspecified atom stereocenters. The van der Waals surface area contributed by atoms with E-state index in [2.05, 4.69) is 5.32 Å². The molecule has 1 aliphatic carbocycles. The van der Waals surface area contributed by atoms with Crippen LogP contribution in [0.2, 0.25) is 5.02 Å². The molecule has 0 radical (unpaired) electrons. The first-order chi connectivity index (χ1) is 9.70.